The number of nitrogens with one attached hydrogen (secondary N) is 1. The molecule has 0 unspecified atom stereocenters. The van der Waals surface area contributed by atoms with Crippen molar-refractivity contribution in [3.8, 4) is 0 Å². The Morgan fingerprint density at radius 2 is 2.12 bits per heavy atom. The van der Waals surface area contributed by atoms with Gasteiger partial charge in [-0.15, -0.1) is 0 Å². The molecule has 0 amide bonds. The van der Waals surface area contributed by atoms with Crippen molar-refractivity contribution >= 4 is 22.9 Å². The molecule has 0 saturated carbocycles. The van der Waals surface area contributed by atoms with E-state index in [0.717, 1.165) is 11.1 Å². The van der Waals surface area contributed by atoms with Crippen LogP contribution in [0.4, 0.5) is 11.5 Å². The molecule has 0 aliphatic carbocycles. The number of aromatic nitrogens is 3. The van der Waals surface area contributed by atoms with Gasteiger partial charge in [-0.1, -0.05) is 26.0 Å². The number of nitro benzene ring substituents is 1. The summed E-state index contributed by atoms with van der Waals surface area (Å²) < 4.78 is 1.65. The SMILES string of the molecule is CC(=O)c1cc(NCc2cccc([N+](=O)[O-])c2)n2ncc(C(C)C)c2n1. The highest BCUT2D eigenvalue weighted by Crippen LogP contribution is 2.23. The lowest BCUT2D eigenvalue weighted by Crippen LogP contribution is -2.09. The van der Waals surface area contributed by atoms with Crippen LogP contribution in [0.15, 0.2) is 36.5 Å². The van der Waals surface area contributed by atoms with Crippen LogP contribution >= 0.6 is 0 Å². The molecular weight excluding hydrogens is 334 g/mol. The molecule has 0 aliphatic heterocycles. The van der Waals surface area contributed by atoms with Crippen LogP contribution in [-0.4, -0.2) is 25.3 Å². The number of carbonyl (C=O) groups is 1. The molecule has 134 valence electrons. The fourth-order valence-electron chi connectivity index (χ4n) is 2.67. The molecule has 0 fully saturated rings. The fraction of sp³-hybridized carbons (Fsp3) is 0.278. The van der Waals surface area contributed by atoms with Crippen molar-refractivity contribution in [1.82, 2.24) is 14.6 Å². The van der Waals surface area contributed by atoms with Gasteiger partial charge in [0, 0.05) is 37.2 Å². The van der Waals surface area contributed by atoms with Gasteiger partial charge in [-0.05, 0) is 11.5 Å². The number of rotatable bonds is 6. The first-order valence-electron chi connectivity index (χ1n) is 8.23. The molecule has 0 atom stereocenters. The molecule has 0 aliphatic rings. The van der Waals surface area contributed by atoms with Crippen molar-refractivity contribution in [3.63, 3.8) is 0 Å². The summed E-state index contributed by atoms with van der Waals surface area (Å²) in [5, 5.41) is 18.5. The van der Waals surface area contributed by atoms with Crippen molar-refractivity contribution in [1.29, 1.82) is 0 Å². The minimum atomic E-state index is -0.426. The summed E-state index contributed by atoms with van der Waals surface area (Å²) in [5.41, 5.74) is 2.72. The van der Waals surface area contributed by atoms with Gasteiger partial charge in [-0.3, -0.25) is 14.9 Å². The standard InChI is InChI=1S/C18H19N5O3/c1-11(2)15-10-20-22-17(8-16(12(3)24)21-18(15)22)19-9-13-5-4-6-14(7-13)23(25)26/h4-8,10-11,19H,9H2,1-3H3. The van der Waals surface area contributed by atoms with Crippen molar-refractivity contribution in [2.24, 2.45) is 0 Å². The minimum absolute atomic E-state index is 0.0368. The van der Waals surface area contributed by atoms with Crippen molar-refractivity contribution in [3.05, 3.63) is 63.5 Å². The van der Waals surface area contributed by atoms with Gasteiger partial charge in [0.05, 0.1) is 11.1 Å². The number of ketones is 1. The second-order valence-corrected chi connectivity index (χ2v) is 6.35. The number of nitrogens with zero attached hydrogens (tertiary/aromatic N) is 4. The summed E-state index contributed by atoms with van der Waals surface area (Å²) in [5.74, 6) is 0.687. The zero-order valence-electron chi connectivity index (χ0n) is 14.8. The molecule has 0 spiro atoms. The van der Waals surface area contributed by atoms with Gasteiger partial charge in [0.25, 0.3) is 5.69 Å². The summed E-state index contributed by atoms with van der Waals surface area (Å²) in [7, 11) is 0. The molecule has 0 radical (unpaired) electrons. The number of Topliss-reactive ketones (excluding diaryl/α,β-unsaturated/α-hetero) is 1. The maximum absolute atomic E-state index is 11.8. The van der Waals surface area contributed by atoms with E-state index in [-0.39, 0.29) is 17.4 Å². The number of nitro groups is 1. The third-order valence-corrected chi connectivity index (χ3v) is 4.08. The number of anilines is 1. The molecule has 0 saturated heterocycles. The van der Waals surface area contributed by atoms with Gasteiger partial charge < -0.3 is 5.32 Å². The molecule has 2 aromatic heterocycles. The smallest absolute Gasteiger partial charge is 0.269 e. The van der Waals surface area contributed by atoms with E-state index in [2.05, 4.69) is 15.4 Å². The third-order valence-electron chi connectivity index (χ3n) is 4.08. The second kappa shape index (κ2) is 6.91. The zero-order valence-corrected chi connectivity index (χ0v) is 14.8. The molecule has 1 aromatic carbocycles. The highest BCUT2D eigenvalue weighted by molar-refractivity contribution is 5.93. The number of benzene rings is 1. The van der Waals surface area contributed by atoms with Crippen LogP contribution in [-0.2, 0) is 6.54 Å². The molecule has 2 heterocycles. The highest BCUT2D eigenvalue weighted by atomic mass is 16.6. The zero-order chi connectivity index (χ0) is 18.8. The van der Waals surface area contributed by atoms with E-state index in [9.17, 15) is 14.9 Å². The van der Waals surface area contributed by atoms with Crippen molar-refractivity contribution in [2.75, 3.05) is 5.32 Å². The average Bonchev–Trinajstić information content (AvgIpc) is 3.04. The lowest BCUT2D eigenvalue weighted by atomic mass is 10.1. The fourth-order valence-corrected chi connectivity index (χ4v) is 2.67. The Labute approximate surface area is 150 Å². The van der Waals surface area contributed by atoms with E-state index in [1.54, 1.807) is 28.9 Å². The first-order valence-corrected chi connectivity index (χ1v) is 8.23. The van der Waals surface area contributed by atoms with Crippen LogP contribution in [0.1, 0.15) is 48.3 Å². The molecule has 3 aromatic rings. The second-order valence-electron chi connectivity index (χ2n) is 6.35. The van der Waals surface area contributed by atoms with Crippen LogP contribution in [0.3, 0.4) is 0 Å². The third kappa shape index (κ3) is 3.39. The first-order chi connectivity index (χ1) is 12.4. The number of hydrogen-bond donors (Lipinski definition) is 1. The summed E-state index contributed by atoms with van der Waals surface area (Å²) in [6.07, 6.45) is 1.75. The van der Waals surface area contributed by atoms with Crippen molar-refractivity contribution in [2.45, 2.75) is 33.2 Å². The Balaban J connectivity index is 1.97. The monoisotopic (exact) mass is 353 g/mol. The highest BCUT2D eigenvalue weighted by Gasteiger charge is 2.15. The topological polar surface area (TPSA) is 102 Å². The summed E-state index contributed by atoms with van der Waals surface area (Å²) in [6.45, 7) is 5.90. The number of non-ortho nitro benzene ring substituents is 1. The van der Waals surface area contributed by atoms with E-state index in [4.69, 9.17) is 0 Å². The molecule has 26 heavy (non-hydrogen) atoms. The van der Waals surface area contributed by atoms with Crippen molar-refractivity contribution < 1.29 is 9.72 Å². The van der Waals surface area contributed by atoms with E-state index in [0.29, 0.717) is 23.7 Å². The van der Waals surface area contributed by atoms with E-state index in [1.807, 2.05) is 13.8 Å². The van der Waals surface area contributed by atoms with Crippen LogP contribution in [0.25, 0.3) is 5.65 Å². The van der Waals surface area contributed by atoms with Gasteiger partial charge in [0.2, 0.25) is 0 Å². The van der Waals surface area contributed by atoms with Crippen LogP contribution in [0.2, 0.25) is 0 Å². The maximum Gasteiger partial charge on any atom is 0.269 e. The minimum Gasteiger partial charge on any atom is -0.366 e. The molecular formula is C18H19N5O3. The molecule has 1 N–H and O–H groups in total. The van der Waals surface area contributed by atoms with Gasteiger partial charge in [-0.2, -0.15) is 9.61 Å². The Morgan fingerprint density at radius 3 is 2.77 bits per heavy atom. The van der Waals surface area contributed by atoms with E-state index >= 15 is 0 Å². The largest absolute Gasteiger partial charge is 0.366 e. The van der Waals surface area contributed by atoms with Crippen LogP contribution < -0.4 is 5.32 Å². The maximum atomic E-state index is 11.8. The molecule has 3 rings (SSSR count). The predicted octanol–water partition coefficient (Wildman–Crippen LogP) is 3.58. The summed E-state index contributed by atoms with van der Waals surface area (Å²) in [4.78, 5) is 26.8. The quantitative estimate of drug-likeness (QED) is 0.413. The molecule has 8 nitrogen and oxygen atoms in total. The van der Waals surface area contributed by atoms with Gasteiger partial charge in [0.1, 0.15) is 11.5 Å². The van der Waals surface area contributed by atoms with Gasteiger partial charge >= 0.3 is 0 Å². The predicted molar refractivity (Wildman–Crippen MR) is 97.5 cm³/mol. The van der Waals surface area contributed by atoms with Crippen LogP contribution in [0.5, 0.6) is 0 Å². The van der Waals surface area contributed by atoms with E-state index in [1.165, 1.54) is 19.1 Å². The Bertz CT molecular complexity index is 994. The number of hydrogen-bond acceptors (Lipinski definition) is 6. The average molecular weight is 353 g/mol. The summed E-state index contributed by atoms with van der Waals surface area (Å²) >= 11 is 0. The normalized spacial score (nSPS) is 11.1. The first kappa shape index (κ1) is 17.5. The molecule has 0 bridgehead atoms. The van der Waals surface area contributed by atoms with Gasteiger partial charge in [-0.25, -0.2) is 4.98 Å². The lowest BCUT2D eigenvalue weighted by molar-refractivity contribution is -0.384. The summed E-state index contributed by atoms with van der Waals surface area (Å²) in [6, 6.07) is 8.05. The van der Waals surface area contributed by atoms with Crippen LogP contribution in [0, 0.1) is 10.1 Å². The molecule has 8 heteroatoms. The Kier molecular flexibility index (Phi) is 4.66. The van der Waals surface area contributed by atoms with Gasteiger partial charge in [0.15, 0.2) is 11.4 Å². The lowest BCUT2D eigenvalue weighted by Gasteiger charge is -2.11. The van der Waals surface area contributed by atoms with E-state index < -0.39 is 4.92 Å². The number of carbonyl (C=O) groups excluding carboxylic acids is 1. The Hall–Kier alpha value is -3.29. The Morgan fingerprint density at radius 1 is 1.35 bits per heavy atom. The number of fused-ring (bicyclic) bond motifs is 1.